The van der Waals surface area contributed by atoms with E-state index in [0.29, 0.717) is 0 Å². The molecule has 7 aromatic rings. The van der Waals surface area contributed by atoms with Crippen LogP contribution in [0.15, 0.2) is 150 Å². The van der Waals surface area contributed by atoms with E-state index >= 15 is 0 Å². The van der Waals surface area contributed by atoms with Crippen LogP contribution in [0.1, 0.15) is 27.7 Å². The van der Waals surface area contributed by atoms with Crippen molar-refractivity contribution in [2.24, 2.45) is 0 Å². The molecule has 0 saturated carbocycles. The summed E-state index contributed by atoms with van der Waals surface area (Å²) in [5, 5.41) is 2.12. The lowest BCUT2D eigenvalue weighted by atomic mass is 9.79. The van der Waals surface area contributed by atoms with Crippen LogP contribution < -0.4 is 10.4 Å². The summed E-state index contributed by atoms with van der Waals surface area (Å²) < 4.78 is 19.1. The standard InChI is InChI=1S/C42H36BNO3/c1-41(2)42(3,4)47-43(46-41)33-19-25-37-38-28-36(24-26-39(38)45-40(37)27-33)44(34-20-15-31(16-21-34)29-11-7-5-8-12-29)35-22-17-32(18-23-35)30-13-9-6-10-14-30/h5-28H,1-4H3. The van der Waals surface area contributed by atoms with Crippen LogP contribution in [0.3, 0.4) is 0 Å². The smallest absolute Gasteiger partial charge is 0.456 e. The fraction of sp³-hybridized carbons (Fsp3) is 0.143. The van der Waals surface area contributed by atoms with Crippen molar-refractivity contribution in [3.63, 3.8) is 0 Å². The van der Waals surface area contributed by atoms with Crippen molar-refractivity contribution < 1.29 is 13.7 Å². The second-order valence-electron chi connectivity index (χ2n) is 13.3. The highest BCUT2D eigenvalue weighted by molar-refractivity contribution is 6.62. The molecule has 0 amide bonds. The molecule has 1 saturated heterocycles. The Kier molecular flexibility index (Phi) is 7.05. The molecule has 4 nitrogen and oxygen atoms in total. The summed E-state index contributed by atoms with van der Waals surface area (Å²) in [4.78, 5) is 2.31. The summed E-state index contributed by atoms with van der Waals surface area (Å²) in [6.07, 6.45) is 0. The number of rotatable bonds is 6. The minimum atomic E-state index is -0.443. The van der Waals surface area contributed by atoms with Crippen LogP contribution in [-0.4, -0.2) is 18.3 Å². The summed E-state index contributed by atoms with van der Waals surface area (Å²) in [7, 11) is -0.443. The molecule has 5 heteroatoms. The highest BCUT2D eigenvalue weighted by atomic mass is 16.7. The molecule has 2 heterocycles. The lowest BCUT2D eigenvalue weighted by molar-refractivity contribution is 0.00578. The van der Waals surface area contributed by atoms with Crippen LogP contribution in [-0.2, 0) is 9.31 Å². The third-order valence-corrected chi connectivity index (χ3v) is 9.73. The molecule has 8 rings (SSSR count). The second kappa shape index (κ2) is 11.3. The first-order chi connectivity index (χ1) is 22.8. The second-order valence-corrected chi connectivity index (χ2v) is 13.3. The molecule has 47 heavy (non-hydrogen) atoms. The molecule has 0 radical (unpaired) electrons. The zero-order chi connectivity index (χ0) is 32.2. The number of benzene rings is 6. The fourth-order valence-electron chi connectivity index (χ4n) is 6.36. The van der Waals surface area contributed by atoms with E-state index in [1.165, 1.54) is 22.3 Å². The van der Waals surface area contributed by atoms with Crippen LogP contribution in [0.2, 0.25) is 0 Å². The van der Waals surface area contributed by atoms with Gasteiger partial charge in [0.15, 0.2) is 0 Å². The molecule has 1 aliphatic heterocycles. The maximum absolute atomic E-state index is 6.40. The number of anilines is 3. The predicted octanol–water partition coefficient (Wildman–Crippen LogP) is 10.7. The maximum Gasteiger partial charge on any atom is 0.494 e. The topological polar surface area (TPSA) is 34.8 Å². The number of fused-ring (bicyclic) bond motifs is 3. The quantitative estimate of drug-likeness (QED) is 0.175. The normalized spacial score (nSPS) is 15.4. The van der Waals surface area contributed by atoms with E-state index in [2.05, 4.69) is 166 Å². The molecule has 0 N–H and O–H groups in total. The number of furan rings is 1. The highest BCUT2D eigenvalue weighted by Gasteiger charge is 2.51. The maximum atomic E-state index is 6.40. The van der Waals surface area contributed by atoms with Crippen molar-refractivity contribution in [2.45, 2.75) is 38.9 Å². The van der Waals surface area contributed by atoms with E-state index < -0.39 is 18.3 Å². The molecule has 1 aliphatic rings. The molecular formula is C42H36BNO3. The monoisotopic (exact) mass is 613 g/mol. The SMILES string of the molecule is CC1(C)OB(c2ccc3c(c2)oc2ccc(N(c4ccc(-c5ccccc5)cc4)c4ccc(-c5ccccc5)cc4)cc23)OC1(C)C. The van der Waals surface area contributed by atoms with Gasteiger partial charge in [-0.05, 0) is 104 Å². The lowest BCUT2D eigenvalue weighted by Gasteiger charge is -2.32. The van der Waals surface area contributed by atoms with Gasteiger partial charge in [0.25, 0.3) is 0 Å². The Morgan fingerprint density at radius 1 is 0.447 bits per heavy atom. The van der Waals surface area contributed by atoms with Gasteiger partial charge in [0.2, 0.25) is 0 Å². The first kappa shape index (κ1) is 29.3. The Labute approximate surface area is 276 Å². The van der Waals surface area contributed by atoms with E-state index in [-0.39, 0.29) is 0 Å². The zero-order valence-corrected chi connectivity index (χ0v) is 27.1. The zero-order valence-electron chi connectivity index (χ0n) is 27.1. The van der Waals surface area contributed by atoms with Crippen molar-refractivity contribution in [3.8, 4) is 22.3 Å². The first-order valence-electron chi connectivity index (χ1n) is 16.2. The van der Waals surface area contributed by atoms with Gasteiger partial charge in [0.05, 0.1) is 11.2 Å². The van der Waals surface area contributed by atoms with Gasteiger partial charge in [-0.15, -0.1) is 0 Å². The highest BCUT2D eigenvalue weighted by Crippen LogP contribution is 2.41. The summed E-state index contributed by atoms with van der Waals surface area (Å²) in [5.74, 6) is 0. The third-order valence-electron chi connectivity index (χ3n) is 9.73. The van der Waals surface area contributed by atoms with Crippen LogP contribution in [0.4, 0.5) is 17.1 Å². The van der Waals surface area contributed by atoms with Crippen LogP contribution in [0.25, 0.3) is 44.2 Å². The van der Waals surface area contributed by atoms with E-state index in [1.54, 1.807) is 0 Å². The molecule has 0 atom stereocenters. The van der Waals surface area contributed by atoms with Crippen molar-refractivity contribution >= 4 is 51.6 Å². The average Bonchev–Trinajstić information content (AvgIpc) is 3.57. The van der Waals surface area contributed by atoms with Crippen LogP contribution in [0, 0.1) is 0 Å². The van der Waals surface area contributed by atoms with Crippen LogP contribution in [0.5, 0.6) is 0 Å². The molecule has 6 aromatic carbocycles. The number of hydrogen-bond donors (Lipinski definition) is 0. The van der Waals surface area contributed by atoms with E-state index in [0.717, 1.165) is 44.5 Å². The molecule has 0 spiro atoms. The first-order valence-corrected chi connectivity index (χ1v) is 16.2. The van der Waals surface area contributed by atoms with Crippen molar-refractivity contribution in [2.75, 3.05) is 4.90 Å². The van der Waals surface area contributed by atoms with Gasteiger partial charge in [-0.25, -0.2) is 0 Å². The molecule has 230 valence electrons. The van der Waals surface area contributed by atoms with Gasteiger partial charge in [-0.2, -0.15) is 0 Å². The van der Waals surface area contributed by atoms with E-state index in [1.807, 2.05) is 12.1 Å². The van der Waals surface area contributed by atoms with Gasteiger partial charge in [-0.1, -0.05) is 97.1 Å². The molecule has 1 aromatic heterocycles. The van der Waals surface area contributed by atoms with E-state index in [4.69, 9.17) is 13.7 Å². The third kappa shape index (κ3) is 5.32. The largest absolute Gasteiger partial charge is 0.494 e. The summed E-state index contributed by atoms with van der Waals surface area (Å²) in [6, 6.07) is 51.2. The molecule has 0 bridgehead atoms. The van der Waals surface area contributed by atoms with Gasteiger partial charge in [-0.3, -0.25) is 0 Å². The Hall–Kier alpha value is -5.10. The number of hydrogen-bond acceptors (Lipinski definition) is 4. The summed E-state index contributed by atoms with van der Waals surface area (Å²) >= 11 is 0. The van der Waals surface area contributed by atoms with E-state index in [9.17, 15) is 0 Å². The Balaban J connectivity index is 1.20. The predicted molar refractivity (Wildman–Crippen MR) is 195 cm³/mol. The molecule has 0 unspecified atom stereocenters. The number of nitrogens with zero attached hydrogens (tertiary/aromatic N) is 1. The average molecular weight is 614 g/mol. The minimum absolute atomic E-state index is 0.405. The Morgan fingerprint density at radius 2 is 0.936 bits per heavy atom. The van der Waals surface area contributed by atoms with Gasteiger partial charge in [0.1, 0.15) is 11.2 Å². The molecular weight excluding hydrogens is 577 g/mol. The van der Waals surface area contributed by atoms with Gasteiger partial charge >= 0.3 is 7.12 Å². The molecule has 1 fully saturated rings. The molecule has 0 aliphatic carbocycles. The Bertz CT molecular complexity index is 2090. The summed E-state index contributed by atoms with van der Waals surface area (Å²) in [6.45, 7) is 8.30. The summed E-state index contributed by atoms with van der Waals surface area (Å²) in [5.41, 5.74) is 9.76. The van der Waals surface area contributed by atoms with Crippen molar-refractivity contribution in [3.05, 3.63) is 146 Å². The van der Waals surface area contributed by atoms with Crippen molar-refractivity contribution in [1.29, 1.82) is 0 Å². The fourth-order valence-corrected chi connectivity index (χ4v) is 6.36. The van der Waals surface area contributed by atoms with Crippen molar-refractivity contribution in [1.82, 2.24) is 0 Å². The van der Waals surface area contributed by atoms with Gasteiger partial charge in [0, 0.05) is 27.8 Å². The Morgan fingerprint density at radius 3 is 1.47 bits per heavy atom. The van der Waals surface area contributed by atoms with Crippen LogP contribution >= 0.6 is 0 Å². The lowest BCUT2D eigenvalue weighted by Crippen LogP contribution is -2.41. The minimum Gasteiger partial charge on any atom is -0.456 e. The van der Waals surface area contributed by atoms with Gasteiger partial charge < -0.3 is 18.6 Å².